The minimum Gasteiger partial charge on any atom is -0.456 e. The average molecular weight is 373 g/mol. The molecule has 0 fully saturated rings. The topological polar surface area (TPSA) is 42.2 Å². The van der Waals surface area contributed by atoms with Crippen molar-refractivity contribution in [3.05, 3.63) is 57.2 Å². The molecule has 122 valence electrons. The molecule has 0 unspecified atom stereocenters. The van der Waals surface area contributed by atoms with Crippen LogP contribution < -0.4 is 10.7 Å². The Labute approximate surface area is 150 Å². The van der Waals surface area contributed by atoms with E-state index in [0.29, 0.717) is 39.4 Å². The molecule has 0 radical (unpaired) electrons. The minimum absolute atomic E-state index is 0. The highest BCUT2D eigenvalue weighted by molar-refractivity contribution is 6.31. The van der Waals surface area contributed by atoms with Crippen molar-refractivity contribution >= 4 is 57.5 Å². The van der Waals surface area contributed by atoms with Crippen molar-refractivity contribution in [1.82, 2.24) is 5.32 Å². The van der Waals surface area contributed by atoms with Gasteiger partial charge in [0, 0.05) is 29.6 Å². The van der Waals surface area contributed by atoms with Crippen LogP contribution in [-0.4, -0.2) is 11.9 Å². The van der Waals surface area contributed by atoms with Crippen LogP contribution in [0.1, 0.15) is 12.5 Å². The zero-order chi connectivity index (χ0) is 15.7. The molecule has 0 amide bonds. The first-order valence-corrected chi connectivity index (χ1v) is 7.94. The van der Waals surface area contributed by atoms with E-state index in [9.17, 15) is 4.79 Å². The van der Waals surface area contributed by atoms with E-state index in [1.54, 1.807) is 18.2 Å². The van der Waals surface area contributed by atoms with Crippen LogP contribution in [0.4, 0.5) is 0 Å². The van der Waals surface area contributed by atoms with Gasteiger partial charge in [-0.2, -0.15) is 0 Å². The fraction of sp³-hybridized carbons (Fsp3) is 0.235. The van der Waals surface area contributed by atoms with Gasteiger partial charge in [0.05, 0.1) is 10.8 Å². The molecule has 23 heavy (non-hydrogen) atoms. The molecule has 0 spiro atoms. The predicted molar refractivity (Wildman–Crippen MR) is 99.3 cm³/mol. The van der Waals surface area contributed by atoms with Crippen molar-refractivity contribution in [1.29, 1.82) is 0 Å². The second-order valence-electron chi connectivity index (χ2n) is 5.34. The highest BCUT2D eigenvalue weighted by atomic mass is 35.5. The van der Waals surface area contributed by atoms with Gasteiger partial charge in [-0.1, -0.05) is 17.7 Å². The van der Waals surface area contributed by atoms with Crippen LogP contribution in [0, 0.1) is 0 Å². The van der Waals surface area contributed by atoms with Crippen LogP contribution in [0.3, 0.4) is 0 Å². The molecular formula is C17H16Cl3NO2. The summed E-state index contributed by atoms with van der Waals surface area (Å²) < 4.78 is 5.78. The first-order valence-electron chi connectivity index (χ1n) is 7.03. The Balaban J connectivity index is 0.00000192. The summed E-state index contributed by atoms with van der Waals surface area (Å²) in [7, 11) is 0. The quantitative estimate of drug-likeness (QED) is 0.531. The maximum absolute atomic E-state index is 12.6. The van der Waals surface area contributed by atoms with Gasteiger partial charge in [-0.15, -0.1) is 24.0 Å². The number of nitrogens with one attached hydrogen (secondary N) is 1. The standard InChI is InChI=1S/C17H15Cl2NO2.ClH/c1-10(8-18)20-9-11-2-5-15-14(6-11)17(21)13-4-3-12(19)7-16(13)22-15;/h2-7,10,20H,8-9H2,1H3;1H/t10-;/m0./s1. The molecule has 3 nitrogen and oxygen atoms in total. The molecule has 3 rings (SSSR count). The van der Waals surface area contributed by atoms with Gasteiger partial charge in [-0.3, -0.25) is 4.79 Å². The number of hydrogen-bond donors (Lipinski definition) is 1. The van der Waals surface area contributed by atoms with Crippen LogP contribution in [0.2, 0.25) is 5.02 Å². The summed E-state index contributed by atoms with van der Waals surface area (Å²) >= 11 is 11.7. The van der Waals surface area contributed by atoms with E-state index in [4.69, 9.17) is 27.6 Å². The van der Waals surface area contributed by atoms with Crippen LogP contribution in [0.25, 0.3) is 21.9 Å². The smallest absolute Gasteiger partial charge is 0.200 e. The van der Waals surface area contributed by atoms with Crippen molar-refractivity contribution in [3.63, 3.8) is 0 Å². The Morgan fingerprint density at radius 1 is 1.13 bits per heavy atom. The molecule has 1 aromatic heterocycles. The Kier molecular flexibility index (Phi) is 5.93. The number of fused-ring (bicyclic) bond motifs is 2. The van der Waals surface area contributed by atoms with E-state index in [-0.39, 0.29) is 23.9 Å². The summed E-state index contributed by atoms with van der Waals surface area (Å²) in [6.07, 6.45) is 0. The Morgan fingerprint density at radius 3 is 2.65 bits per heavy atom. The zero-order valence-electron chi connectivity index (χ0n) is 12.4. The summed E-state index contributed by atoms with van der Waals surface area (Å²) in [5, 5.41) is 4.96. The maximum atomic E-state index is 12.6. The normalized spacial score (nSPS) is 12.3. The van der Waals surface area contributed by atoms with Crippen molar-refractivity contribution in [2.75, 3.05) is 5.88 Å². The number of benzene rings is 2. The van der Waals surface area contributed by atoms with Crippen LogP contribution in [-0.2, 0) is 6.54 Å². The van der Waals surface area contributed by atoms with Crippen molar-refractivity contribution in [3.8, 4) is 0 Å². The summed E-state index contributed by atoms with van der Waals surface area (Å²) in [6, 6.07) is 10.9. The van der Waals surface area contributed by atoms with Gasteiger partial charge in [-0.05, 0) is 36.8 Å². The largest absolute Gasteiger partial charge is 0.456 e. The highest BCUT2D eigenvalue weighted by Gasteiger charge is 2.09. The van der Waals surface area contributed by atoms with Crippen LogP contribution in [0.15, 0.2) is 45.6 Å². The van der Waals surface area contributed by atoms with Crippen molar-refractivity contribution in [2.45, 2.75) is 19.5 Å². The molecule has 1 N–H and O–H groups in total. The van der Waals surface area contributed by atoms with Crippen LogP contribution >= 0.6 is 35.6 Å². The molecule has 1 heterocycles. The Hall–Kier alpha value is -1.26. The lowest BCUT2D eigenvalue weighted by molar-refractivity contribution is 0.593. The molecule has 0 aliphatic rings. The van der Waals surface area contributed by atoms with Gasteiger partial charge in [0.25, 0.3) is 0 Å². The van der Waals surface area contributed by atoms with Gasteiger partial charge in [0.15, 0.2) is 0 Å². The summed E-state index contributed by atoms with van der Waals surface area (Å²) in [6.45, 7) is 2.67. The number of halogens is 3. The number of alkyl halides is 1. The first kappa shape index (κ1) is 18.1. The van der Waals surface area contributed by atoms with Gasteiger partial charge < -0.3 is 9.73 Å². The second kappa shape index (κ2) is 7.54. The molecule has 0 saturated carbocycles. The van der Waals surface area contributed by atoms with E-state index < -0.39 is 0 Å². The Morgan fingerprint density at radius 2 is 1.91 bits per heavy atom. The summed E-state index contributed by atoms with van der Waals surface area (Å²) in [5.74, 6) is 0.543. The molecule has 2 aromatic carbocycles. The number of rotatable bonds is 4. The molecule has 0 aliphatic carbocycles. The lowest BCUT2D eigenvalue weighted by Crippen LogP contribution is -2.26. The zero-order valence-corrected chi connectivity index (χ0v) is 14.8. The van der Waals surface area contributed by atoms with E-state index in [2.05, 4.69) is 5.32 Å². The molecular weight excluding hydrogens is 357 g/mol. The van der Waals surface area contributed by atoms with Crippen molar-refractivity contribution < 1.29 is 4.42 Å². The Bertz CT molecular complexity index is 892. The van der Waals surface area contributed by atoms with E-state index in [1.807, 2.05) is 25.1 Å². The fourth-order valence-corrected chi connectivity index (χ4v) is 2.60. The molecule has 3 aromatic rings. The fourth-order valence-electron chi connectivity index (χ4n) is 2.33. The SMILES string of the molecule is C[C@@H](CCl)NCc1ccc2oc3cc(Cl)ccc3c(=O)c2c1.Cl. The average Bonchev–Trinajstić information content (AvgIpc) is 2.52. The third kappa shape index (κ3) is 3.81. The van der Waals surface area contributed by atoms with Crippen LogP contribution in [0.5, 0.6) is 0 Å². The van der Waals surface area contributed by atoms with Gasteiger partial charge in [-0.25, -0.2) is 0 Å². The minimum atomic E-state index is -0.0415. The van der Waals surface area contributed by atoms with Gasteiger partial charge in [0.1, 0.15) is 11.2 Å². The lowest BCUT2D eigenvalue weighted by Gasteiger charge is -2.10. The molecule has 0 aliphatic heterocycles. The molecule has 0 saturated heterocycles. The predicted octanol–water partition coefficient (Wildman–Crippen LogP) is 4.74. The van der Waals surface area contributed by atoms with E-state index in [0.717, 1.165) is 5.56 Å². The summed E-state index contributed by atoms with van der Waals surface area (Å²) in [5.41, 5.74) is 2.05. The van der Waals surface area contributed by atoms with Gasteiger partial charge >= 0.3 is 0 Å². The molecule has 6 heteroatoms. The summed E-state index contributed by atoms with van der Waals surface area (Å²) in [4.78, 5) is 12.6. The first-order chi connectivity index (χ1) is 10.6. The molecule has 0 bridgehead atoms. The lowest BCUT2D eigenvalue weighted by atomic mass is 10.1. The second-order valence-corrected chi connectivity index (χ2v) is 6.08. The molecule has 1 atom stereocenters. The third-order valence-corrected chi connectivity index (χ3v) is 4.28. The third-order valence-electron chi connectivity index (χ3n) is 3.58. The highest BCUT2D eigenvalue weighted by Crippen LogP contribution is 2.22. The number of hydrogen-bond acceptors (Lipinski definition) is 3. The van der Waals surface area contributed by atoms with E-state index in [1.165, 1.54) is 0 Å². The maximum Gasteiger partial charge on any atom is 0.200 e. The van der Waals surface area contributed by atoms with Gasteiger partial charge in [0.2, 0.25) is 5.43 Å². The monoisotopic (exact) mass is 371 g/mol. The van der Waals surface area contributed by atoms with Crippen molar-refractivity contribution in [2.24, 2.45) is 0 Å². The van der Waals surface area contributed by atoms with E-state index >= 15 is 0 Å².